The summed E-state index contributed by atoms with van der Waals surface area (Å²) in [5, 5.41) is 12.3. The Hall–Kier alpha value is -1.18. The van der Waals surface area contributed by atoms with Crippen LogP contribution in [0.5, 0.6) is 0 Å². The smallest absolute Gasteiger partial charge is 0.315 e. The largest absolute Gasteiger partial charge is 0.392 e. The van der Waals surface area contributed by atoms with Crippen molar-refractivity contribution in [3.63, 3.8) is 0 Å². The highest BCUT2D eigenvalue weighted by molar-refractivity contribution is 8.00. The Morgan fingerprint density at radius 1 is 1.14 bits per heavy atom. The zero-order chi connectivity index (χ0) is 19.9. The molecule has 0 bridgehead atoms. The van der Waals surface area contributed by atoms with Crippen LogP contribution in [0.1, 0.15) is 25.7 Å². The van der Waals surface area contributed by atoms with Gasteiger partial charge < -0.3 is 9.80 Å². The fourth-order valence-electron chi connectivity index (χ4n) is 5.11. The molecule has 3 aliphatic heterocycles. The first-order chi connectivity index (χ1) is 13.4. The lowest BCUT2D eigenvalue weighted by Gasteiger charge is -2.46. The second-order valence-corrected chi connectivity index (χ2v) is 9.49. The van der Waals surface area contributed by atoms with Gasteiger partial charge in [0.15, 0.2) is 6.19 Å². The number of halogens is 3. The number of rotatable bonds is 2. The molecule has 156 valence electrons. The van der Waals surface area contributed by atoms with Gasteiger partial charge in [-0.1, -0.05) is 12.8 Å². The number of hydrogen-bond donors (Lipinski definition) is 1. The molecule has 1 saturated carbocycles. The van der Waals surface area contributed by atoms with E-state index < -0.39 is 12.1 Å². The molecule has 28 heavy (non-hydrogen) atoms. The van der Waals surface area contributed by atoms with Crippen LogP contribution in [0, 0.1) is 23.3 Å². The minimum absolute atomic E-state index is 0.0205. The molecule has 0 aromatic rings. The van der Waals surface area contributed by atoms with E-state index in [1.54, 1.807) is 9.80 Å². The summed E-state index contributed by atoms with van der Waals surface area (Å²) in [5.41, 5.74) is -0.270. The fourth-order valence-corrected chi connectivity index (χ4v) is 6.71. The molecule has 2 unspecified atom stereocenters. The number of carbonyl (C=O) groups excluding carboxylic acids is 1. The fraction of sp³-hybridized carbons (Fsp3) is 0.889. The van der Waals surface area contributed by atoms with Gasteiger partial charge in [-0.3, -0.25) is 15.0 Å². The number of piperazine rings is 2. The van der Waals surface area contributed by atoms with Crippen molar-refractivity contribution in [3.05, 3.63) is 0 Å². The van der Waals surface area contributed by atoms with Gasteiger partial charge in [0.05, 0.1) is 12.5 Å². The first-order valence-electron chi connectivity index (χ1n) is 10.0. The summed E-state index contributed by atoms with van der Waals surface area (Å²) in [6.07, 6.45) is 0.300. The van der Waals surface area contributed by atoms with Gasteiger partial charge in [-0.15, -0.1) is 11.8 Å². The monoisotopic (exact) mass is 417 g/mol. The minimum Gasteiger partial charge on any atom is -0.315 e. The molecule has 4 fully saturated rings. The normalized spacial score (nSPS) is 37.6. The van der Waals surface area contributed by atoms with Gasteiger partial charge in [-0.25, -0.2) is 0 Å². The van der Waals surface area contributed by atoms with Crippen LogP contribution in [0.2, 0.25) is 0 Å². The highest BCUT2D eigenvalue weighted by atomic mass is 32.2. The molecule has 4 aliphatic rings. The van der Waals surface area contributed by atoms with Gasteiger partial charge in [0.2, 0.25) is 5.91 Å². The maximum atomic E-state index is 13.5. The molecule has 10 heteroatoms. The van der Waals surface area contributed by atoms with Crippen molar-refractivity contribution in [1.29, 1.82) is 5.26 Å². The summed E-state index contributed by atoms with van der Waals surface area (Å²) in [6.45, 7) is 3.56. The molecule has 4 rings (SSSR count). The Morgan fingerprint density at radius 2 is 1.89 bits per heavy atom. The number of alkyl halides is 3. The van der Waals surface area contributed by atoms with Crippen molar-refractivity contribution in [2.24, 2.45) is 11.8 Å². The Balaban J connectivity index is 1.41. The number of nitrogens with zero attached hydrogens (tertiary/aromatic N) is 4. The van der Waals surface area contributed by atoms with Crippen LogP contribution < -0.4 is 5.32 Å². The van der Waals surface area contributed by atoms with Crippen molar-refractivity contribution >= 4 is 17.7 Å². The van der Waals surface area contributed by atoms with Gasteiger partial charge in [-0.05, 0) is 18.8 Å². The van der Waals surface area contributed by atoms with Crippen molar-refractivity contribution in [2.45, 2.75) is 48.6 Å². The lowest BCUT2D eigenvalue weighted by atomic mass is 9.77. The molecule has 1 N–H and O–H groups in total. The van der Waals surface area contributed by atoms with Crippen LogP contribution in [0.4, 0.5) is 13.2 Å². The summed E-state index contributed by atoms with van der Waals surface area (Å²) in [7, 11) is 0. The predicted octanol–water partition coefficient (Wildman–Crippen LogP) is 1.65. The molecule has 0 aromatic carbocycles. The Morgan fingerprint density at radius 3 is 2.64 bits per heavy atom. The van der Waals surface area contributed by atoms with E-state index in [-0.39, 0.29) is 35.0 Å². The standard InChI is InChI=1S/C18H26F3N5OS/c19-18(20,21)13-4-2-1-3-12(13)15-9-23-17(28-15)26-8-7-25-6-5-24(11-22)10-14(25)16(26)27/h12-15,17,23H,1-10H2/t12-,13+,14-,15?,17?/m1/s1. The molecule has 1 amide bonds. The van der Waals surface area contributed by atoms with Gasteiger partial charge in [0.1, 0.15) is 11.5 Å². The van der Waals surface area contributed by atoms with Crippen LogP contribution in [0.15, 0.2) is 0 Å². The number of nitrogens with one attached hydrogen (secondary N) is 1. The van der Waals surface area contributed by atoms with Crippen LogP contribution in [0.25, 0.3) is 0 Å². The molecule has 6 nitrogen and oxygen atoms in total. The number of nitriles is 1. The second-order valence-electron chi connectivity index (χ2n) is 8.16. The molecule has 5 atom stereocenters. The third-order valence-electron chi connectivity index (χ3n) is 6.63. The van der Waals surface area contributed by atoms with E-state index in [1.165, 1.54) is 11.8 Å². The summed E-state index contributed by atoms with van der Waals surface area (Å²) in [6, 6.07) is -0.332. The van der Waals surface area contributed by atoms with E-state index in [9.17, 15) is 18.0 Å². The SMILES string of the molecule is N#CN1CCN2CCN(C3NCC([C@@H]4CCCC[C@@H]4C(F)(F)F)S3)C(=O)[C@H]2C1. The number of thioether (sulfide) groups is 1. The van der Waals surface area contributed by atoms with Gasteiger partial charge >= 0.3 is 6.18 Å². The zero-order valence-corrected chi connectivity index (χ0v) is 16.5. The Labute approximate surface area is 167 Å². The number of fused-ring (bicyclic) bond motifs is 1. The van der Waals surface area contributed by atoms with Crippen LogP contribution in [0.3, 0.4) is 0 Å². The Bertz CT molecular complexity index is 642. The van der Waals surface area contributed by atoms with Crippen molar-refractivity contribution in [2.75, 3.05) is 39.3 Å². The molecule has 0 spiro atoms. The number of amides is 1. The molecule has 1 aliphatic carbocycles. The van der Waals surface area contributed by atoms with Gasteiger partial charge in [-0.2, -0.15) is 18.4 Å². The van der Waals surface area contributed by atoms with E-state index >= 15 is 0 Å². The maximum absolute atomic E-state index is 13.5. The van der Waals surface area contributed by atoms with E-state index in [1.807, 2.05) is 0 Å². The molecule has 0 radical (unpaired) electrons. The molecule has 0 aromatic heterocycles. The third-order valence-corrected chi connectivity index (χ3v) is 8.17. The van der Waals surface area contributed by atoms with E-state index in [4.69, 9.17) is 5.26 Å². The number of hydrogen-bond acceptors (Lipinski definition) is 6. The average molecular weight is 418 g/mol. The summed E-state index contributed by atoms with van der Waals surface area (Å²) >= 11 is 1.49. The van der Waals surface area contributed by atoms with Crippen molar-refractivity contribution < 1.29 is 18.0 Å². The summed E-state index contributed by atoms with van der Waals surface area (Å²) < 4.78 is 40.5. The van der Waals surface area contributed by atoms with Crippen molar-refractivity contribution in [3.8, 4) is 6.19 Å². The van der Waals surface area contributed by atoms with Gasteiger partial charge in [0.25, 0.3) is 0 Å². The topological polar surface area (TPSA) is 62.6 Å². The lowest BCUT2D eigenvalue weighted by Crippen LogP contribution is -2.66. The number of carbonyl (C=O) groups is 1. The molecule has 3 saturated heterocycles. The van der Waals surface area contributed by atoms with Gasteiger partial charge in [0, 0.05) is 38.0 Å². The van der Waals surface area contributed by atoms with Crippen LogP contribution in [-0.2, 0) is 4.79 Å². The van der Waals surface area contributed by atoms with Crippen molar-refractivity contribution in [1.82, 2.24) is 20.0 Å². The highest BCUT2D eigenvalue weighted by Gasteiger charge is 2.50. The summed E-state index contributed by atoms with van der Waals surface area (Å²) in [5.74, 6) is -1.63. The van der Waals surface area contributed by atoms with Crippen LogP contribution >= 0.6 is 11.8 Å². The first-order valence-corrected chi connectivity index (χ1v) is 11.0. The van der Waals surface area contributed by atoms with E-state index in [2.05, 4.69) is 16.4 Å². The van der Waals surface area contributed by atoms with E-state index in [0.717, 1.165) is 13.0 Å². The first kappa shape index (κ1) is 20.1. The quantitative estimate of drug-likeness (QED) is 0.690. The predicted molar refractivity (Wildman–Crippen MR) is 98.9 cm³/mol. The zero-order valence-electron chi connectivity index (χ0n) is 15.7. The van der Waals surface area contributed by atoms with Crippen LogP contribution in [-0.4, -0.2) is 82.8 Å². The lowest BCUT2D eigenvalue weighted by molar-refractivity contribution is -0.195. The molecule has 3 heterocycles. The minimum atomic E-state index is -4.14. The summed E-state index contributed by atoms with van der Waals surface area (Å²) in [4.78, 5) is 18.5. The maximum Gasteiger partial charge on any atom is 0.392 e. The molecular weight excluding hydrogens is 391 g/mol. The second kappa shape index (κ2) is 7.92. The average Bonchev–Trinajstić information content (AvgIpc) is 3.17. The Kier molecular flexibility index (Phi) is 5.69. The molecular formula is C18H26F3N5OS. The van der Waals surface area contributed by atoms with E-state index in [0.29, 0.717) is 45.6 Å². The third kappa shape index (κ3) is 3.81. The highest BCUT2D eigenvalue weighted by Crippen LogP contribution is 2.47.